The number of halogens is 1. The molecule has 0 radical (unpaired) electrons. The summed E-state index contributed by atoms with van der Waals surface area (Å²) in [4.78, 5) is 14.1. The second kappa shape index (κ2) is 8.62. The Bertz CT molecular complexity index is 1440. The molecule has 5 heterocycles. The molecule has 4 aliphatic rings. The van der Waals surface area contributed by atoms with E-state index in [1.165, 1.54) is 6.42 Å². The average molecular weight is 518 g/mol. The molecule has 1 spiro atoms. The lowest BCUT2D eigenvalue weighted by Gasteiger charge is -2.43. The number of pyridine rings is 2. The van der Waals surface area contributed by atoms with Gasteiger partial charge in [-0.3, -0.25) is 4.90 Å². The van der Waals surface area contributed by atoms with E-state index in [0.29, 0.717) is 60.8 Å². The first-order chi connectivity index (χ1) is 18.1. The number of fused-ring (bicyclic) bond motifs is 2. The summed E-state index contributed by atoms with van der Waals surface area (Å²) in [6, 6.07) is 9.90. The second-order valence-electron chi connectivity index (χ2n) is 10.3. The summed E-state index contributed by atoms with van der Waals surface area (Å²) in [5.41, 5.74) is 1.80. The Morgan fingerprint density at radius 1 is 1.05 bits per heavy atom. The normalized spacial score (nSPS) is 21.9. The molecule has 1 saturated heterocycles. The molecule has 7 rings (SSSR count). The van der Waals surface area contributed by atoms with Crippen LogP contribution in [0.5, 0.6) is 0 Å². The number of nitrogens with zero attached hydrogens (tertiary/aromatic N) is 5. The lowest BCUT2D eigenvalue weighted by atomic mass is 9.87. The van der Waals surface area contributed by atoms with E-state index in [1.807, 2.05) is 29.2 Å². The van der Waals surface area contributed by atoms with Crippen molar-refractivity contribution in [2.75, 3.05) is 46.7 Å². The van der Waals surface area contributed by atoms with Gasteiger partial charge in [0.1, 0.15) is 46.8 Å². The molecule has 10 heteroatoms. The molecular weight excluding hydrogens is 490 g/mol. The van der Waals surface area contributed by atoms with Crippen LogP contribution in [0.2, 0.25) is 5.02 Å². The van der Waals surface area contributed by atoms with Gasteiger partial charge in [0.2, 0.25) is 0 Å². The van der Waals surface area contributed by atoms with Crippen LogP contribution in [-0.2, 0) is 11.2 Å². The van der Waals surface area contributed by atoms with Crippen molar-refractivity contribution in [3.05, 3.63) is 40.4 Å². The summed E-state index contributed by atoms with van der Waals surface area (Å²) in [6.07, 6.45) is 4.87. The molecule has 190 valence electrons. The highest BCUT2D eigenvalue weighted by Crippen LogP contribution is 2.50. The fraction of sp³-hybridized carbons (Fsp3) is 0.444. The predicted molar refractivity (Wildman–Crippen MR) is 144 cm³/mol. The Balaban J connectivity index is 1.50. The minimum Gasteiger partial charge on any atom is -0.378 e. The van der Waals surface area contributed by atoms with Crippen molar-refractivity contribution in [3.8, 4) is 6.07 Å². The van der Waals surface area contributed by atoms with Crippen LogP contribution in [0.4, 0.5) is 29.0 Å². The van der Waals surface area contributed by atoms with E-state index in [1.54, 1.807) is 0 Å². The van der Waals surface area contributed by atoms with Crippen molar-refractivity contribution in [3.63, 3.8) is 0 Å². The quantitative estimate of drug-likeness (QED) is 0.452. The van der Waals surface area contributed by atoms with Crippen LogP contribution in [0.3, 0.4) is 0 Å². The molecule has 1 atom stereocenters. The number of anilines is 5. The standard InChI is InChI=1S/C27H28ClN7O2/c28-16-5-4-6-17(13-16)35-20(36)14-18-21-19(15-29)25(34-9-11-37-12-10-34)30-23-22(21)24(31-26(18)35)33-27(32-23)7-2-1-3-8-27/h4-6,13,20,36H,1-3,7-12,14H2,(H,30,32)(H,31,33). The van der Waals surface area contributed by atoms with E-state index in [4.69, 9.17) is 26.3 Å². The van der Waals surface area contributed by atoms with E-state index in [0.717, 1.165) is 53.5 Å². The molecule has 37 heavy (non-hydrogen) atoms. The van der Waals surface area contributed by atoms with Crippen molar-refractivity contribution in [1.29, 1.82) is 5.26 Å². The largest absolute Gasteiger partial charge is 0.378 e. The first-order valence-corrected chi connectivity index (χ1v) is 13.4. The van der Waals surface area contributed by atoms with Gasteiger partial charge in [0.25, 0.3) is 0 Å². The minimum atomic E-state index is -0.827. The van der Waals surface area contributed by atoms with Crippen molar-refractivity contribution >= 4 is 51.3 Å². The van der Waals surface area contributed by atoms with Gasteiger partial charge in [-0.25, -0.2) is 9.97 Å². The maximum Gasteiger partial charge on any atom is 0.149 e. The SMILES string of the molecule is N#Cc1c(N2CCOCC2)nc2c3c(nc4c(c13)CC(O)N4c1cccc(Cl)c1)NC1(CCCCC1)N2. The van der Waals surface area contributed by atoms with Crippen molar-refractivity contribution in [2.45, 2.75) is 50.4 Å². The van der Waals surface area contributed by atoms with Gasteiger partial charge in [0, 0.05) is 41.2 Å². The van der Waals surface area contributed by atoms with E-state index >= 15 is 0 Å². The first kappa shape index (κ1) is 22.8. The van der Waals surface area contributed by atoms with Crippen molar-refractivity contribution in [2.24, 2.45) is 0 Å². The highest BCUT2D eigenvalue weighted by molar-refractivity contribution is 6.30. The molecule has 0 bridgehead atoms. The van der Waals surface area contributed by atoms with E-state index in [2.05, 4.69) is 21.6 Å². The van der Waals surface area contributed by atoms with Crippen LogP contribution in [0.25, 0.3) is 10.8 Å². The molecule has 1 aliphatic carbocycles. The summed E-state index contributed by atoms with van der Waals surface area (Å²) in [7, 11) is 0. The maximum atomic E-state index is 11.3. The lowest BCUT2D eigenvalue weighted by Crippen LogP contribution is -2.50. The third-order valence-corrected chi connectivity index (χ3v) is 8.28. The zero-order valence-corrected chi connectivity index (χ0v) is 21.2. The lowest BCUT2D eigenvalue weighted by molar-refractivity contribution is 0.122. The van der Waals surface area contributed by atoms with Gasteiger partial charge in [0.05, 0.1) is 18.6 Å². The number of hydrogen-bond donors (Lipinski definition) is 3. The fourth-order valence-electron chi connectivity index (χ4n) is 6.35. The van der Waals surface area contributed by atoms with Crippen molar-refractivity contribution in [1.82, 2.24) is 9.97 Å². The monoisotopic (exact) mass is 517 g/mol. The number of ether oxygens (including phenoxy) is 1. The van der Waals surface area contributed by atoms with Crippen LogP contribution in [0.1, 0.15) is 43.2 Å². The van der Waals surface area contributed by atoms with Gasteiger partial charge in [-0.15, -0.1) is 0 Å². The number of nitriles is 1. The summed E-state index contributed by atoms with van der Waals surface area (Å²) in [5, 5.41) is 31.4. The number of rotatable bonds is 2. The summed E-state index contributed by atoms with van der Waals surface area (Å²) in [5.74, 6) is 2.79. The molecule has 2 aromatic heterocycles. The molecule has 3 aliphatic heterocycles. The maximum absolute atomic E-state index is 11.3. The Morgan fingerprint density at radius 3 is 2.49 bits per heavy atom. The zero-order valence-electron chi connectivity index (χ0n) is 20.4. The number of aromatic nitrogens is 2. The topological polar surface area (TPSA) is 110 Å². The van der Waals surface area contributed by atoms with Gasteiger partial charge in [-0.05, 0) is 43.9 Å². The third-order valence-electron chi connectivity index (χ3n) is 8.05. The number of morpholine rings is 1. The Hall–Kier alpha value is -3.32. The zero-order chi connectivity index (χ0) is 25.1. The van der Waals surface area contributed by atoms with Crippen LogP contribution in [0.15, 0.2) is 24.3 Å². The third kappa shape index (κ3) is 3.58. The van der Waals surface area contributed by atoms with Crippen LogP contribution in [-0.4, -0.2) is 53.3 Å². The van der Waals surface area contributed by atoms with E-state index in [-0.39, 0.29) is 5.66 Å². The summed E-state index contributed by atoms with van der Waals surface area (Å²) < 4.78 is 5.58. The fourth-order valence-corrected chi connectivity index (χ4v) is 6.54. The van der Waals surface area contributed by atoms with Crippen molar-refractivity contribution < 1.29 is 9.84 Å². The molecule has 1 unspecified atom stereocenters. The number of hydrogen-bond acceptors (Lipinski definition) is 9. The molecule has 3 aromatic rings. The number of benzene rings is 1. The molecule has 3 N–H and O–H groups in total. The predicted octanol–water partition coefficient (Wildman–Crippen LogP) is 4.50. The Kier molecular flexibility index (Phi) is 5.32. The highest BCUT2D eigenvalue weighted by Gasteiger charge is 2.42. The van der Waals surface area contributed by atoms with Gasteiger partial charge >= 0.3 is 0 Å². The minimum absolute atomic E-state index is 0.332. The van der Waals surface area contributed by atoms with E-state index in [9.17, 15) is 10.4 Å². The highest BCUT2D eigenvalue weighted by atomic mass is 35.5. The Labute approximate surface area is 220 Å². The molecule has 1 aromatic carbocycles. The average Bonchev–Trinajstić information content (AvgIpc) is 3.24. The van der Waals surface area contributed by atoms with E-state index < -0.39 is 6.23 Å². The molecule has 0 amide bonds. The second-order valence-corrected chi connectivity index (χ2v) is 10.7. The van der Waals surface area contributed by atoms with Gasteiger partial charge in [-0.2, -0.15) is 5.26 Å². The van der Waals surface area contributed by atoms with Gasteiger partial charge in [0.15, 0.2) is 0 Å². The number of aliphatic hydroxyl groups excluding tert-OH is 1. The van der Waals surface area contributed by atoms with Crippen LogP contribution < -0.4 is 20.4 Å². The number of aliphatic hydroxyl groups is 1. The smallest absolute Gasteiger partial charge is 0.149 e. The molecule has 2 fully saturated rings. The summed E-state index contributed by atoms with van der Waals surface area (Å²) in [6.45, 7) is 2.54. The molecule has 1 saturated carbocycles. The Morgan fingerprint density at radius 2 is 1.78 bits per heavy atom. The first-order valence-electron chi connectivity index (χ1n) is 13.0. The van der Waals surface area contributed by atoms with Crippen LogP contribution >= 0.6 is 11.6 Å². The molecule has 9 nitrogen and oxygen atoms in total. The van der Waals surface area contributed by atoms with Gasteiger partial charge in [-0.1, -0.05) is 24.1 Å². The van der Waals surface area contributed by atoms with Crippen LogP contribution in [0, 0.1) is 11.3 Å². The summed E-state index contributed by atoms with van der Waals surface area (Å²) >= 11 is 6.32. The molecular formula is C27H28ClN7O2. The van der Waals surface area contributed by atoms with Gasteiger partial charge < -0.3 is 25.4 Å². The number of nitrogens with one attached hydrogen (secondary N) is 2.